The number of para-hydroxylation sites is 1. The van der Waals surface area contributed by atoms with Gasteiger partial charge in [0, 0.05) is 16.5 Å². The third-order valence-corrected chi connectivity index (χ3v) is 4.80. The maximum absolute atomic E-state index is 13.2. The van der Waals surface area contributed by atoms with Gasteiger partial charge in [-0.25, -0.2) is 9.59 Å². The van der Waals surface area contributed by atoms with E-state index in [1.165, 1.54) is 13.2 Å². The maximum Gasteiger partial charge on any atom is 0.351 e. The minimum absolute atomic E-state index is 0.276. The Balaban J connectivity index is 1.69. The number of ketones is 1. The highest BCUT2D eigenvalue weighted by Crippen LogP contribution is 2.25. The molecule has 3 aromatic carbocycles. The Kier molecular flexibility index (Phi) is 5.62. The first kappa shape index (κ1) is 20.1. The highest BCUT2D eigenvalue weighted by Gasteiger charge is 2.28. The topological polar surface area (TPSA) is 82.8 Å². The van der Waals surface area contributed by atoms with Crippen LogP contribution in [0.2, 0.25) is 0 Å². The second-order valence-corrected chi connectivity index (χ2v) is 6.77. The zero-order valence-corrected chi connectivity index (χ0v) is 16.6. The summed E-state index contributed by atoms with van der Waals surface area (Å²) in [6, 6.07) is 23.3. The van der Waals surface area contributed by atoms with Crippen LogP contribution in [-0.2, 0) is 4.74 Å². The van der Waals surface area contributed by atoms with Crippen LogP contribution in [0.15, 0.2) is 94.1 Å². The lowest BCUT2D eigenvalue weighted by molar-refractivity contribution is 0.0276. The van der Waals surface area contributed by atoms with Crippen molar-refractivity contribution in [3.63, 3.8) is 0 Å². The quantitative estimate of drug-likeness (QED) is 0.261. The van der Waals surface area contributed by atoms with Crippen LogP contribution < -0.4 is 10.4 Å². The molecule has 1 heterocycles. The van der Waals surface area contributed by atoms with Crippen LogP contribution >= 0.6 is 0 Å². The van der Waals surface area contributed by atoms with E-state index in [-0.39, 0.29) is 5.56 Å². The van der Waals surface area contributed by atoms with Crippen molar-refractivity contribution in [1.82, 2.24) is 0 Å². The average Bonchev–Trinajstić information content (AvgIpc) is 2.82. The predicted octanol–water partition coefficient (Wildman–Crippen LogP) is 4.58. The molecule has 0 aliphatic heterocycles. The van der Waals surface area contributed by atoms with Gasteiger partial charge >= 0.3 is 11.6 Å². The van der Waals surface area contributed by atoms with Crippen molar-refractivity contribution in [2.75, 3.05) is 7.11 Å². The van der Waals surface area contributed by atoms with Crippen molar-refractivity contribution in [2.45, 2.75) is 6.10 Å². The van der Waals surface area contributed by atoms with E-state index < -0.39 is 23.5 Å². The summed E-state index contributed by atoms with van der Waals surface area (Å²) in [6.07, 6.45) is -1.23. The number of fused-ring (bicyclic) bond motifs is 1. The predicted molar refractivity (Wildman–Crippen MR) is 114 cm³/mol. The molecule has 6 heteroatoms. The molecule has 0 amide bonds. The van der Waals surface area contributed by atoms with E-state index in [1.54, 1.807) is 78.9 Å². The fraction of sp³-hybridized carbons (Fsp3) is 0.0800. The van der Waals surface area contributed by atoms with Gasteiger partial charge in [0.2, 0.25) is 5.78 Å². The first-order valence-electron chi connectivity index (χ1n) is 9.54. The molecule has 0 N–H and O–H groups in total. The average molecular weight is 414 g/mol. The van der Waals surface area contributed by atoms with E-state index in [1.807, 2.05) is 0 Å². The number of rotatable bonds is 6. The molecule has 31 heavy (non-hydrogen) atoms. The summed E-state index contributed by atoms with van der Waals surface area (Å²) < 4.78 is 15.9. The summed E-state index contributed by atoms with van der Waals surface area (Å²) in [5.41, 5.74) is 0.0855. The fourth-order valence-corrected chi connectivity index (χ4v) is 3.18. The molecule has 0 bridgehead atoms. The summed E-state index contributed by atoms with van der Waals surface area (Å²) in [4.78, 5) is 38.4. The zero-order valence-electron chi connectivity index (χ0n) is 16.6. The van der Waals surface area contributed by atoms with Gasteiger partial charge in [-0.3, -0.25) is 4.79 Å². The van der Waals surface area contributed by atoms with Gasteiger partial charge < -0.3 is 13.9 Å². The van der Waals surface area contributed by atoms with Crippen molar-refractivity contribution >= 4 is 22.7 Å². The zero-order chi connectivity index (χ0) is 21.8. The Labute approximate surface area is 177 Å². The lowest BCUT2D eigenvalue weighted by Gasteiger charge is -2.17. The van der Waals surface area contributed by atoms with Crippen molar-refractivity contribution in [3.05, 3.63) is 112 Å². The molecular weight excluding hydrogens is 396 g/mol. The maximum atomic E-state index is 13.2. The number of ether oxygens (including phenoxy) is 2. The monoisotopic (exact) mass is 414 g/mol. The number of carbonyl (C=O) groups excluding carboxylic acids is 2. The van der Waals surface area contributed by atoms with Crippen LogP contribution in [0.25, 0.3) is 11.0 Å². The smallest absolute Gasteiger partial charge is 0.351 e. The molecule has 0 radical (unpaired) electrons. The van der Waals surface area contributed by atoms with Gasteiger partial charge in [0.1, 0.15) is 16.9 Å². The lowest BCUT2D eigenvalue weighted by atomic mass is 9.99. The summed E-state index contributed by atoms with van der Waals surface area (Å²) in [5.74, 6) is -0.763. The van der Waals surface area contributed by atoms with Crippen molar-refractivity contribution in [3.8, 4) is 5.75 Å². The second kappa shape index (κ2) is 8.67. The third-order valence-electron chi connectivity index (χ3n) is 4.80. The van der Waals surface area contributed by atoms with Crippen LogP contribution in [0.5, 0.6) is 5.75 Å². The SMILES string of the molecule is COc1ccc(C(=O)C(OC(=O)c2cc3ccccc3oc2=O)c2ccccc2)cc1. The molecule has 0 aliphatic carbocycles. The summed E-state index contributed by atoms with van der Waals surface area (Å²) >= 11 is 0. The Bertz CT molecular complexity index is 1290. The molecule has 4 aromatic rings. The minimum Gasteiger partial charge on any atom is -0.497 e. The number of benzene rings is 3. The molecule has 1 atom stereocenters. The van der Waals surface area contributed by atoms with Crippen molar-refractivity contribution in [2.24, 2.45) is 0 Å². The van der Waals surface area contributed by atoms with Gasteiger partial charge in [-0.1, -0.05) is 48.5 Å². The van der Waals surface area contributed by atoms with E-state index in [2.05, 4.69) is 0 Å². The molecule has 6 nitrogen and oxygen atoms in total. The number of hydrogen-bond donors (Lipinski definition) is 0. The summed E-state index contributed by atoms with van der Waals surface area (Å²) in [5, 5.41) is 0.576. The van der Waals surface area contributed by atoms with E-state index in [0.29, 0.717) is 27.8 Å². The Hall–Kier alpha value is -4.19. The van der Waals surface area contributed by atoms with Crippen LogP contribution in [-0.4, -0.2) is 18.9 Å². The molecule has 0 saturated heterocycles. The van der Waals surface area contributed by atoms with E-state index >= 15 is 0 Å². The van der Waals surface area contributed by atoms with E-state index in [0.717, 1.165) is 0 Å². The Morgan fingerprint density at radius 3 is 2.26 bits per heavy atom. The van der Waals surface area contributed by atoms with E-state index in [4.69, 9.17) is 13.9 Å². The fourth-order valence-electron chi connectivity index (χ4n) is 3.18. The van der Waals surface area contributed by atoms with Crippen LogP contribution in [0.3, 0.4) is 0 Å². The highest BCUT2D eigenvalue weighted by molar-refractivity contribution is 6.02. The van der Waals surface area contributed by atoms with Crippen molar-refractivity contribution < 1.29 is 23.5 Å². The largest absolute Gasteiger partial charge is 0.497 e. The van der Waals surface area contributed by atoms with Gasteiger partial charge in [0.25, 0.3) is 0 Å². The number of hydrogen-bond acceptors (Lipinski definition) is 6. The molecule has 0 saturated carbocycles. The number of methoxy groups -OCH3 is 1. The van der Waals surface area contributed by atoms with Gasteiger partial charge in [-0.2, -0.15) is 0 Å². The normalized spacial score (nSPS) is 11.6. The van der Waals surface area contributed by atoms with Gasteiger partial charge in [-0.05, 0) is 36.4 Å². The van der Waals surface area contributed by atoms with Gasteiger partial charge in [-0.15, -0.1) is 0 Å². The molecule has 4 rings (SSSR count). The molecular formula is C25H18O6. The molecule has 0 spiro atoms. The van der Waals surface area contributed by atoms with Crippen LogP contribution in [0, 0.1) is 0 Å². The first-order chi connectivity index (χ1) is 15.1. The molecule has 1 unspecified atom stereocenters. The lowest BCUT2D eigenvalue weighted by Crippen LogP contribution is -2.23. The molecule has 0 fully saturated rings. The summed E-state index contributed by atoms with van der Waals surface area (Å²) in [6.45, 7) is 0. The molecule has 154 valence electrons. The first-order valence-corrected chi connectivity index (χ1v) is 9.54. The van der Waals surface area contributed by atoms with Crippen LogP contribution in [0.1, 0.15) is 32.4 Å². The molecule has 0 aliphatic rings. The van der Waals surface area contributed by atoms with E-state index in [9.17, 15) is 14.4 Å². The molecule has 1 aromatic heterocycles. The Morgan fingerprint density at radius 2 is 1.55 bits per heavy atom. The minimum atomic E-state index is -1.23. The van der Waals surface area contributed by atoms with Gasteiger partial charge in [0.15, 0.2) is 6.10 Å². The number of Topliss-reactive ketones (excluding diaryl/α,β-unsaturated/α-hetero) is 1. The van der Waals surface area contributed by atoms with Crippen molar-refractivity contribution in [1.29, 1.82) is 0 Å². The second-order valence-electron chi connectivity index (χ2n) is 6.77. The number of esters is 1. The number of carbonyl (C=O) groups is 2. The Morgan fingerprint density at radius 1 is 0.871 bits per heavy atom. The van der Waals surface area contributed by atoms with Gasteiger partial charge in [0.05, 0.1) is 7.11 Å². The van der Waals surface area contributed by atoms with Crippen LogP contribution in [0.4, 0.5) is 0 Å². The highest BCUT2D eigenvalue weighted by atomic mass is 16.5. The third kappa shape index (κ3) is 4.23. The standard InChI is InChI=1S/C25H18O6/c1-29-19-13-11-16(12-14-19)22(26)23(17-7-3-2-4-8-17)31-25(28)20-15-18-9-5-6-10-21(18)30-24(20)27/h2-15,23H,1H3. The summed E-state index contributed by atoms with van der Waals surface area (Å²) in [7, 11) is 1.53.